The average Bonchev–Trinajstić information content (AvgIpc) is 3.09. The molecule has 0 saturated carbocycles. The Morgan fingerprint density at radius 1 is 1.31 bits per heavy atom. The zero-order valence-electron chi connectivity index (χ0n) is 14.6. The first kappa shape index (κ1) is 17.5. The molecule has 1 aromatic heterocycles. The van der Waals surface area contributed by atoms with Gasteiger partial charge in [-0.2, -0.15) is 0 Å². The van der Waals surface area contributed by atoms with Crippen molar-refractivity contribution in [2.24, 2.45) is 0 Å². The van der Waals surface area contributed by atoms with E-state index >= 15 is 0 Å². The highest BCUT2D eigenvalue weighted by molar-refractivity contribution is 7.15. The van der Waals surface area contributed by atoms with Crippen LogP contribution in [0.3, 0.4) is 0 Å². The Morgan fingerprint density at radius 3 is 2.92 bits per heavy atom. The summed E-state index contributed by atoms with van der Waals surface area (Å²) in [7, 11) is 0. The first-order valence-corrected chi connectivity index (χ1v) is 9.87. The van der Waals surface area contributed by atoms with Crippen molar-refractivity contribution in [3.63, 3.8) is 0 Å². The summed E-state index contributed by atoms with van der Waals surface area (Å²) in [5.74, 6) is 0. The molecular formula is C19H23N3O3S. The molecular weight excluding hydrogens is 350 g/mol. The van der Waals surface area contributed by atoms with Gasteiger partial charge in [-0.15, -0.1) is 11.3 Å². The van der Waals surface area contributed by atoms with Crippen molar-refractivity contribution in [2.45, 2.75) is 31.9 Å². The topological polar surface area (TPSA) is 63.7 Å². The summed E-state index contributed by atoms with van der Waals surface area (Å²) in [4.78, 5) is 20.4. The zero-order chi connectivity index (χ0) is 17.8. The normalized spacial score (nSPS) is 20.4. The third-order valence-corrected chi connectivity index (χ3v) is 5.93. The minimum absolute atomic E-state index is 0.261. The third-order valence-electron chi connectivity index (χ3n) is 4.90. The molecule has 26 heavy (non-hydrogen) atoms. The predicted octanol–water partition coefficient (Wildman–Crippen LogP) is 3.08. The van der Waals surface area contributed by atoms with Crippen LogP contribution in [-0.4, -0.2) is 48.3 Å². The van der Waals surface area contributed by atoms with Crippen molar-refractivity contribution in [2.75, 3.05) is 31.6 Å². The molecule has 1 aliphatic heterocycles. The molecule has 1 atom stereocenters. The van der Waals surface area contributed by atoms with E-state index in [4.69, 9.17) is 9.47 Å². The second-order valence-corrected chi connectivity index (χ2v) is 7.70. The van der Waals surface area contributed by atoms with Crippen LogP contribution >= 0.6 is 11.3 Å². The van der Waals surface area contributed by atoms with Crippen LogP contribution in [0.25, 0.3) is 0 Å². The number of nitrogens with zero attached hydrogens (tertiary/aromatic N) is 2. The van der Waals surface area contributed by atoms with Crippen LogP contribution in [0.2, 0.25) is 0 Å². The zero-order valence-corrected chi connectivity index (χ0v) is 15.5. The van der Waals surface area contributed by atoms with Gasteiger partial charge in [0, 0.05) is 24.0 Å². The standard InChI is InChI=1S/C19H23N3O3S/c23-19(25-13-14-4-2-1-3-5-14)21-18-20-16-7-6-15(12-17(16)26-18)22-8-10-24-11-9-22/h1-5,15H,6-13H2,(H,20,21,23). The number of morpholine rings is 1. The number of nitrogens with one attached hydrogen (secondary N) is 1. The van der Waals surface area contributed by atoms with Crippen molar-refractivity contribution in [1.29, 1.82) is 0 Å². The Morgan fingerprint density at radius 2 is 2.12 bits per heavy atom. The van der Waals surface area contributed by atoms with Crippen LogP contribution in [0.4, 0.5) is 9.93 Å². The fourth-order valence-electron chi connectivity index (χ4n) is 3.51. The number of aryl methyl sites for hydroxylation is 1. The van der Waals surface area contributed by atoms with Gasteiger partial charge in [0.1, 0.15) is 6.61 Å². The van der Waals surface area contributed by atoms with Gasteiger partial charge in [0.05, 0.1) is 18.9 Å². The quantitative estimate of drug-likeness (QED) is 0.892. The maximum atomic E-state index is 12.0. The molecule has 0 radical (unpaired) electrons. The van der Waals surface area contributed by atoms with Crippen LogP contribution in [0, 0.1) is 0 Å². The minimum Gasteiger partial charge on any atom is -0.444 e. The van der Waals surface area contributed by atoms with Crippen molar-refractivity contribution in [3.05, 3.63) is 46.5 Å². The Bertz CT molecular complexity index is 744. The molecule has 1 fully saturated rings. The van der Waals surface area contributed by atoms with E-state index in [0.29, 0.717) is 11.2 Å². The molecule has 2 aromatic rings. The second kappa shape index (κ2) is 8.16. The number of thiazole rings is 1. The lowest BCUT2D eigenvalue weighted by molar-refractivity contribution is 0.0139. The number of carbonyl (C=O) groups is 1. The number of anilines is 1. The molecule has 0 bridgehead atoms. The molecule has 4 rings (SSSR count). The van der Waals surface area contributed by atoms with Crippen LogP contribution < -0.4 is 5.32 Å². The lowest BCUT2D eigenvalue weighted by Crippen LogP contribution is -2.45. The molecule has 2 heterocycles. The van der Waals surface area contributed by atoms with E-state index in [2.05, 4.69) is 15.2 Å². The average molecular weight is 373 g/mol. The monoisotopic (exact) mass is 373 g/mol. The number of aromatic nitrogens is 1. The van der Waals surface area contributed by atoms with Gasteiger partial charge in [0.25, 0.3) is 0 Å². The van der Waals surface area contributed by atoms with Crippen molar-refractivity contribution < 1.29 is 14.3 Å². The SMILES string of the molecule is O=C(Nc1nc2c(s1)CC(N1CCOCC1)CC2)OCc1ccccc1. The molecule has 1 aromatic carbocycles. The van der Waals surface area contributed by atoms with Gasteiger partial charge in [-0.3, -0.25) is 10.2 Å². The molecule has 0 spiro atoms. The van der Waals surface area contributed by atoms with Crippen molar-refractivity contribution >= 4 is 22.6 Å². The maximum Gasteiger partial charge on any atom is 0.413 e. The fourth-order valence-corrected chi connectivity index (χ4v) is 4.58. The van der Waals surface area contributed by atoms with E-state index in [1.54, 1.807) is 11.3 Å². The first-order valence-electron chi connectivity index (χ1n) is 9.06. The molecule has 1 amide bonds. The molecule has 138 valence electrons. The van der Waals surface area contributed by atoms with Crippen LogP contribution in [0.15, 0.2) is 30.3 Å². The summed E-state index contributed by atoms with van der Waals surface area (Å²) in [6, 6.07) is 10.2. The molecule has 1 unspecified atom stereocenters. The van der Waals surface area contributed by atoms with Gasteiger partial charge >= 0.3 is 6.09 Å². The smallest absolute Gasteiger partial charge is 0.413 e. The van der Waals surface area contributed by atoms with E-state index in [1.165, 1.54) is 4.88 Å². The summed E-state index contributed by atoms with van der Waals surface area (Å²) >= 11 is 1.57. The summed E-state index contributed by atoms with van der Waals surface area (Å²) in [6.07, 6.45) is 2.64. The van der Waals surface area contributed by atoms with E-state index in [1.807, 2.05) is 30.3 Å². The number of amides is 1. The summed E-state index contributed by atoms with van der Waals surface area (Å²) in [5, 5.41) is 3.41. The van der Waals surface area contributed by atoms with Gasteiger partial charge in [-0.25, -0.2) is 9.78 Å². The van der Waals surface area contributed by atoms with Crippen LogP contribution in [-0.2, 0) is 28.9 Å². The highest BCUT2D eigenvalue weighted by Gasteiger charge is 2.28. The number of carbonyl (C=O) groups excluding carboxylic acids is 1. The Hall–Kier alpha value is -1.96. The Balaban J connectivity index is 1.32. The van der Waals surface area contributed by atoms with Gasteiger partial charge in [-0.1, -0.05) is 30.3 Å². The number of benzene rings is 1. The highest BCUT2D eigenvalue weighted by Crippen LogP contribution is 2.32. The van der Waals surface area contributed by atoms with E-state index < -0.39 is 6.09 Å². The number of rotatable bonds is 4. The molecule has 1 N–H and O–H groups in total. The molecule has 6 nitrogen and oxygen atoms in total. The highest BCUT2D eigenvalue weighted by atomic mass is 32.1. The van der Waals surface area contributed by atoms with E-state index in [-0.39, 0.29) is 6.61 Å². The summed E-state index contributed by atoms with van der Waals surface area (Å²) in [5.41, 5.74) is 2.09. The lowest BCUT2D eigenvalue weighted by atomic mass is 9.96. The minimum atomic E-state index is -0.454. The number of fused-ring (bicyclic) bond motifs is 1. The molecule has 2 aliphatic rings. The Labute approximate surface area is 157 Å². The van der Waals surface area contributed by atoms with E-state index in [0.717, 1.165) is 56.8 Å². The Kier molecular flexibility index (Phi) is 5.48. The van der Waals surface area contributed by atoms with E-state index in [9.17, 15) is 4.79 Å². The summed E-state index contributed by atoms with van der Waals surface area (Å²) < 4.78 is 10.7. The van der Waals surface area contributed by atoms with Crippen molar-refractivity contribution in [1.82, 2.24) is 9.88 Å². The number of hydrogen-bond acceptors (Lipinski definition) is 6. The van der Waals surface area contributed by atoms with Crippen LogP contribution in [0.5, 0.6) is 0 Å². The van der Waals surface area contributed by atoms with Gasteiger partial charge in [0.15, 0.2) is 5.13 Å². The molecule has 7 heteroatoms. The summed E-state index contributed by atoms with van der Waals surface area (Å²) in [6.45, 7) is 3.93. The van der Waals surface area contributed by atoms with Gasteiger partial charge in [0.2, 0.25) is 0 Å². The maximum absolute atomic E-state index is 12.0. The second-order valence-electron chi connectivity index (χ2n) is 6.62. The lowest BCUT2D eigenvalue weighted by Gasteiger charge is -2.36. The predicted molar refractivity (Wildman–Crippen MR) is 101 cm³/mol. The third kappa shape index (κ3) is 4.23. The first-order chi connectivity index (χ1) is 12.8. The van der Waals surface area contributed by atoms with Crippen LogP contribution in [0.1, 0.15) is 22.6 Å². The fraction of sp³-hybridized carbons (Fsp3) is 0.474. The van der Waals surface area contributed by atoms with Crippen molar-refractivity contribution in [3.8, 4) is 0 Å². The molecule has 1 saturated heterocycles. The van der Waals surface area contributed by atoms with Gasteiger partial charge in [-0.05, 0) is 24.8 Å². The number of hydrogen-bond donors (Lipinski definition) is 1. The largest absolute Gasteiger partial charge is 0.444 e. The van der Waals surface area contributed by atoms with Gasteiger partial charge < -0.3 is 9.47 Å². The number of ether oxygens (including phenoxy) is 2. The molecule has 1 aliphatic carbocycles.